The van der Waals surface area contributed by atoms with E-state index in [-0.39, 0.29) is 5.95 Å². The topological polar surface area (TPSA) is 98.3 Å². The summed E-state index contributed by atoms with van der Waals surface area (Å²) in [6.45, 7) is 0. The van der Waals surface area contributed by atoms with E-state index < -0.39 is 0 Å². The molecule has 0 spiro atoms. The zero-order valence-electron chi connectivity index (χ0n) is 7.92. The number of fused-ring (bicyclic) bond motifs is 1. The van der Waals surface area contributed by atoms with Crippen molar-refractivity contribution < 1.29 is 0 Å². The van der Waals surface area contributed by atoms with Crippen molar-refractivity contribution in [1.29, 1.82) is 0 Å². The van der Waals surface area contributed by atoms with E-state index in [0.29, 0.717) is 17.0 Å². The number of anilines is 1. The van der Waals surface area contributed by atoms with E-state index in [1.54, 1.807) is 17.2 Å². The van der Waals surface area contributed by atoms with Gasteiger partial charge in [0.15, 0.2) is 11.5 Å². The summed E-state index contributed by atoms with van der Waals surface area (Å²) in [5, 5.41) is 4.17. The van der Waals surface area contributed by atoms with Gasteiger partial charge in [-0.05, 0) is 22.6 Å². The third-order valence-electron chi connectivity index (χ3n) is 2.05. The third kappa shape index (κ3) is 1.41. The molecule has 0 unspecified atom stereocenters. The molecule has 0 radical (unpaired) electrons. The molecule has 3 aromatic rings. The van der Waals surface area contributed by atoms with Crippen molar-refractivity contribution in [2.75, 3.05) is 5.73 Å². The molecule has 0 amide bonds. The van der Waals surface area contributed by atoms with Crippen LogP contribution in [0.1, 0.15) is 0 Å². The molecular weight excluding hydrogens is 321 g/mol. The predicted molar refractivity (Wildman–Crippen MR) is 65.9 cm³/mol. The van der Waals surface area contributed by atoms with Crippen LogP contribution in [0.3, 0.4) is 0 Å². The van der Waals surface area contributed by atoms with Crippen LogP contribution in [0.15, 0.2) is 18.7 Å². The molecule has 16 heavy (non-hydrogen) atoms. The smallest absolute Gasteiger partial charge is 0.224 e. The van der Waals surface area contributed by atoms with Crippen LogP contribution in [0.2, 0.25) is 0 Å². The van der Waals surface area contributed by atoms with E-state index >= 15 is 0 Å². The van der Waals surface area contributed by atoms with Gasteiger partial charge in [0.25, 0.3) is 0 Å². The van der Waals surface area contributed by atoms with Crippen LogP contribution in [0, 0.1) is 3.57 Å². The first-order valence-electron chi connectivity index (χ1n) is 4.41. The van der Waals surface area contributed by atoms with Crippen molar-refractivity contribution in [3.8, 4) is 5.82 Å². The van der Waals surface area contributed by atoms with Crippen molar-refractivity contribution in [3.63, 3.8) is 0 Å². The van der Waals surface area contributed by atoms with Crippen LogP contribution in [0.4, 0.5) is 5.95 Å². The van der Waals surface area contributed by atoms with E-state index in [0.717, 1.165) is 3.57 Å². The highest BCUT2D eigenvalue weighted by atomic mass is 127. The summed E-state index contributed by atoms with van der Waals surface area (Å²) in [7, 11) is 0. The molecule has 0 aliphatic heterocycles. The molecule has 3 heterocycles. The Morgan fingerprint density at radius 2 is 2.25 bits per heavy atom. The van der Waals surface area contributed by atoms with Gasteiger partial charge >= 0.3 is 0 Å². The van der Waals surface area contributed by atoms with Gasteiger partial charge in [-0.2, -0.15) is 15.1 Å². The van der Waals surface area contributed by atoms with E-state index in [2.05, 4.69) is 47.6 Å². The molecule has 0 bridgehead atoms. The number of aromatic nitrogens is 6. The van der Waals surface area contributed by atoms with Crippen molar-refractivity contribution in [2.24, 2.45) is 0 Å². The zero-order valence-corrected chi connectivity index (χ0v) is 10.1. The molecule has 0 aliphatic rings. The first-order chi connectivity index (χ1) is 7.74. The highest BCUT2D eigenvalue weighted by Crippen LogP contribution is 2.16. The number of hydrogen-bond acceptors (Lipinski definition) is 5. The maximum atomic E-state index is 5.61. The summed E-state index contributed by atoms with van der Waals surface area (Å²) in [4.78, 5) is 15.2. The molecule has 0 fully saturated rings. The van der Waals surface area contributed by atoms with Gasteiger partial charge in [-0.25, -0.2) is 9.67 Å². The number of hydrogen-bond donors (Lipinski definition) is 2. The number of nitrogens with zero attached hydrogens (tertiary/aromatic N) is 5. The van der Waals surface area contributed by atoms with E-state index in [4.69, 9.17) is 5.73 Å². The van der Waals surface area contributed by atoms with Crippen molar-refractivity contribution in [1.82, 2.24) is 29.7 Å². The summed E-state index contributed by atoms with van der Waals surface area (Å²) in [5.41, 5.74) is 6.86. The number of nitrogens with one attached hydrogen (secondary N) is 1. The van der Waals surface area contributed by atoms with Gasteiger partial charge in [0.05, 0.1) is 16.1 Å². The largest absolute Gasteiger partial charge is 0.368 e. The summed E-state index contributed by atoms with van der Waals surface area (Å²) in [5.74, 6) is 0.781. The summed E-state index contributed by atoms with van der Waals surface area (Å²) in [6.07, 6.45) is 5.14. The summed E-state index contributed by atoms with van der Waals surface area (Å²) < 4.78 is 2.66. The number of halogens is 1. The number of aromatic amines is 1. The fraction of sp³-hybridized carbons (Fsp3) is 0. The lowest BCUT2D eigenvalue weighted by molar-refractivity contribution is 0.851. The Bertz CT molecular complexity index is 655. The second-order valence-electron chi connectivity index (χ2n) is 3.11. The summed E-state index contributed by atoms with van der Waals surface area (Å²) in [6, 6.07) is 0. The Labute approximate surface area is 103 Å². The highest BCUT2D eigenvalue weighted by Gasteiger charge is 2.10. The molecule has 7 nitrogen and oxygen atoms in total. The average molecular weight is 327 g/mol. The number of nitrogen functional groups attached to an aromatic ring is 1. The molecule has 80 valence electrons. The maximum absolute atomic E-state index is 5.61. The first-order valence-corrected chi connectivity index (χ1v) is 5.49. The number of rotatable bonds is 1. The van der Waals surface area contributed by atoms with Crippen LogP contribution < -0.4 is 5.73 Å². The van der Waals surface area contributed by atoms with Crippen molar-refractivity contribution in [2.45, 2.75) is 0 Å². The zero-order chi connectivity index (χ0) is 11.1. The van der Waals surface area contributed by atoms with Gasteiger partial charge < -0.3 is 10.7 Å². The SMILES string of the molecule is Nc1nc(-n2cc(I)cn2)c2[nH]cnc2n1. The van der Waals surface area contributed by atoms with Crippen LogP contribution in [-0.2, 0) is 0 Å². The molecule has 0 saturated carbocycles. The lowest BCUT2D eigenvalue weighted by Crippen LogP contribution is -2.04. The lowest BCUT2D eigenvalue weighted by atomic mass is 10.5. The molecule has 3 rings (SSSR count). The van der Waals surface area contributed by atoms with Gasteiger partial charge in [-0.1, -0.05) is 0 Å². The van der Waals surface area contributed by atoms with Gasteiger partial charge in [0.1, 0.15) is 5.52 Å². The monoisotopic (exact) mass is 327 g/mol. The van der Waals surface area contributed by atoms with Gasteiger partial charge in [0, 0.05) is 6.20 Å². The molecule has 3 aromatic heterocycles. The quantitative estimate of drug-likeness (QED) is 0.642. The van der Waals surface area contributed by atoms with Crippen LogP contribution in [0.5, 0.6) is 0 Å². The first kappa shape index (κ1) is 9.51. The van der Waals surface area contributed by atoms with Gasteiger partial charge in [-0.3, -0.25) is 0 Å². The molecule has 3 N–H and O–H groups in total. The normalized spacial score (nSPS) is 11.1. The maximum Gasteiger partial charge on any atom is 0.224 e. The second kappa shape index (κ2) is 3.40. The van der Waals surface area contributed by atoms with Gasteiger partial charge in [-0.15, -0.1) is 0 Å². The minimum absolute atomic E-state index is 0.181. The lowest BCUT2D eigenvalue weighted by Gasteiger charge is -2.01. The minimum atomic E-state index is 0.181. The van der Waals surface area contributed by atoms with E-state index in [1.807, 2.05) is 6.20 Å². The van der Waals surface area contributed by atoms with E-state index in [1.165, 1.54) is 0 Å². The number of H-pyrrole nitrogens is 1. The van der Waals surface area contributed by atoms with Crippen molar-refractivity contribution >= 4 is 39.7 Å². The molecule has 0 aliphatic carbocycles. The average Bonchev–Trinajstić information content (AvgIpc) is 2.84. The van der Waals surface area contributed by atoms with Crippen LogP contribution in [-0.4, -0.2) is 29.7 Å². The Hall–Kier alpha value is -1.71. The Morgan fingerprint density at radius 1 is 1.38 bits per heavy atom. The molecule has 0 saturated heterocycles. The van der Waals surface area contributed by atoms with Gasteiger partial charge in [0.2, 0.25) is 5.95 Å². The Balaban J connectivity index is 2.33. The van der Waals surface area contributed by atoms with Crippen LogP contribution in [0.25, 0.3) is 17.0 Å². The Morgan fingerprint density at radius 3 is 3.00 bits per heavy atom. The molecule has 0 aromatic carbocycles. The van der Waals surface area contributed by atoms with Crippen LogP contribution >= 0.6 is 22.6 Å². The fourth-order valence-corrected chi connectivity index (χ4v) is 1.81. The van der Waals surface area contributed by atoms with E-state index in [9.17, 15) is 0 Å². The fourth-order valence-electron chi connectivity index (χ4n) is 1.42. The highest BCUT2D eigenvalue weighted by molar-refractivity contribution is 14.1. The minimum Gasteiger partial charge on any atom is -0.368 e. The summed E-state index contributed by atoms with van der Waals surface area (Å²) >= 11 is 2.17. The second-order valence-corrected chi connectivity index (χ2v) is 4.36. The van der Waals surface area contributed by atoms with Crippen molar-refractivity contribution in [3.05, 3.63) is 22.3 Å². The Kier molecular flexibility index (Phi) is 2.02. The third-order valence-corrected chi connectivity index (χ3v) is 2.61. The molecular formula is C8H6IN7. The number of nitrogens with two attached hydrogens (primary N) is 1. The molecule has 0 atom stereocenters. The number of imidazole rings is 1. The molecule has 8 heteroatoms. The standard InChI is InChI=1S/C8H6IN7/c9-4-1-13-16(2-4)7-5-6(12-3-11-5)14-8(10)15-7/h1-3H,(H3,10,11,12,14,15). The predicted octanol–water partition coefficient (Wildman–Crippen LogP) is 0.725.